The summed E-state index contributed by atoms with van der Waals surface area (Å²) < 4.78 is 0. The van der Waals surface area contributed by atoms with Crippen molar-refractivity contribution in [1.29, 1.82) is 5.26 Å². The highest BCUT2D eigenvalue weighted by Gasteiger charge is 2.18. The van der Waals surface area contributed by atoms with E-state index in [4.69, 9.17) is 16.9 Å². The molecule has 1 rings (SSSR count). The fourth-order valence-electron chi connectivity index (χ4n) is 1.32. The van der Waals surface area contributed by atoms with E-state index in [0.29, 0.717) is 0 Å². The highest BCUT2D eigenvalue weighted by atomic mass is 35.5. The van der Waals surface area contributed by atoms with Crippen LogP contribution >= 0.6 is 11.6 Å². The molecule has 1 aromatic carbocycles. The number of carbonyl (C=O) groups is 1. The summed E-state index contributed by atoms with van der Waals surface area (Å²) in [7, 11) is 1.51. The smallest absolute Gasteiger partial charge is 0.270 e. The molecule has 0 aromatic heterocycles. The van der Waals surface area contributed by atoms with Crippen molar-refractivity contribution >= 4 is 23.2 Å². The van der Waals surface area contributed by atoms with Gasteiger partial charge in [-0.1, -0.05) is 11.6 Å². The Bertz CT molecular complexity index is 525. The van der Waals surface area contributed by atoms with Gasteiger partial charge < -0.3 is 4.90 Å². The maximum Gasteiger partial charge on any atom is 0.270 e. The zero-order valence-electron chi connectivity index (χ0n) is 9.59. The molecule has 1 aromatic rings. The van der Waals surface area contributed by atoms with Crippen molar-refractivity contribution in [2.45, 2.75) is 6.42 Å². The average molecular weight is 268 g/mol. The third-order valence-corrected chi connectivity index (χ3v) is 2.63. The number of carbonyl (C=O) groups excluding carboxylic acids is 1. The van der Waals surface area contributed by atoms with Gasteiger partial charge in [0.2, 0.25) is 0 Å². The lowest BCUT2D eigenvalue weighted by Crippen LogP contribution is -2.27. The molecule has 0 aliphatic rings. The minimum absolute atomic E-state index is 0.0614. The molecule has 0 spiro atoms. The van der Waals surface area contributed by atoms with Gasteiger partial charge in [0, 0.05) is 25.7 Å². The van der Waals surface area contributed by atoms with Crippen LogP contribution in [-0.2, 0) is 0 Å². The van der Waals surface area contributed by atoms with Crippen LogP contribution in [0, 0.1) is 21.4 Å². The number of amides is 1. The van der Waals surface area contributed by atoms with E-state index in [0.717, 1.165) is 6.07 Å². The summed E-state index contributed by atoms with van der Waals surface area (Å²) >= 11 is 5.84. The first-order valence-electron chi connectivity index (χ1n) is 5.03. The van der Waals surface area contributed by atoms with Crippen molar-refractivity contribution < 1.29 is 9.72 Å². The summed E-state index contributed by atoms with van der Waals surface area (Å²) in [4.78, 5) is 23.3. The van der Waals surface area contributed by atoms with E-state index in [2.05, 4.69) is 0 Å². The molecule has 0 heterocycles. The molecule has 18 heavy (non-hydrogen) atoms. The maximum absolute atomic E-state index is 12.0. The molecule has 0 aliphatic heterocycles. The number of nitriles is 1. The summed E-state index contributed by atoms with van der Waals surface area (Å²) in [5, 5.41) is 19.2. The van der Waals surface area contributed by atoms with Gasteiger partial charge in [-0.25, -0.2) is 0 Å². The van der Waals surface area contributed by atoms with Crippen molar-refractivity contribution in [3.05, 3.63) is 38.9 Å². The third-order valence-electron chi connectivity index (χ3n) is 2.30. The quantitative estimate of drug-likeness (QED) is 0.618. The molecule has 0 bridgehead atoms. The second kappa shape index (κ2) is 5.98. The molecule has 1 amide bonds. The van der Waals surface area contributed by atoms with Crippen molar-refractivity contribution in [3.63, 3.8) is 0 Å². The van der Waals surface area contributed by atoms with Crippen LogP contribution < -0.4 is 0 Å². The van der Waals surface area contributed by atoms with Gasteiger partial charge in [0.05, 0.1) is 28.0 Å². The van der Waals surface area contributed by atoms with Gasteiger partial charge in [0.25, 0.3) is 11.6 Å². The molecule has 0 radical (unpaired) electrons. The minimum Gasteiger partial charge on any atom is -0.341 e. The lowest BCUT2D eigenvalue weighted by atomic mass is 10.1. The van der Waals surface area contributed by atoms with Crippen LogP contribution in [0.4, 0.5) is 5.69 Å². The van der Waals surface area contributed by atoms with Gasteiger partial charge in [-0.15, -0.1) is 0 Å². The van der Waals surface area contributed by atoms with Crippen LogP contribution in [0.3, 0.4) is 0 Å². The van der Waals surface area contributed by atoms with Crippen molar-refractivity contribution in [1.82, 2.24) is 4.90 Å². The second-order valence-electron chi connectivity index (χ2n) is 3.56. The number of benzene rings is 1. The Kier molecular flexibility index (Phi) is 4.63. The summed E-state index contributed by atoms with van der Waals surface area (Å²) in [6, 6.07) is 5.59. The summed E-state index contributed by atoms with van der Waals surface area (Å²) in [6.07, 6.45) is 0.189. The van der Waals surface area contributed by atoms with Crippen LogP contribution in [0.25, 0.3) is 0 Å². The average Bonchev–Trinajstić information content (AvgIpc) is 2.35. The third kappa shape index (κ3) is 3.18. The van der Waals surface area contributed by atoms with E-state index in [1.165, 1.54) is 24.1 Å². The second-order valence-corrected chi connectivity index (χ2v) is 3.96. The lowest BCUT2D eigenvalue weighted by Gasteiger charge is -2.15. The SMILES string of the molecule is CN(CCC#N)C(=O)c1cc([N+](=O)[O-])ccc1Cl. The van der Waals surface area contributed by atoms with Crippen molar-refractivity contribution in [2.75, 3.05) is 13.6 Å². The zero-order chi connectivity index (χ0) is 13.7. The van der Waals surface area contributed by atoms with Crippen molar-refractivity contribution in [3.8, 4) is 6.07 Å². The number of rotatable bonds is 4. The van der Waals surface area contributed by atoms with Gasteiger partial charge in [0.1, 0.15) is 0 Å². The number of non-ortho nitro benzene ring substituents is 1. The molecule has 0 fully saturated rings. The maximum atomic E-state index is 12.0. The van der Waals surface area contributed by atoms with Gasteiger partial charge >= 0.3 is 0 Å². The fraction of sp³-hybridized carbons (Fsp3) is 0.273. The summed E-state index contributed by atoms with van der Waals surface area (Å²) in [5.74, 6) is -0.445. The summed E-state index contributed by atoms with van der Waals surface area (Å²) in [5.41, 5.74) is -0.136. The molecule has 7 heteroatoms. The zero-order valence-corrected chi connectivity index (χ0v) is 10.3. The van der Waals surface area contributed by atoms with E-state index >= 15 is 0 Å². The number of hydrogen-bond donors (Lipinski definition) is 0. The number of nitro groups is 1. The van der Waals surface area contributed by atoms with Crippen molar-refractivity contribution in [2.24, 2.45) is 0 Å². The predicted molar refractivity (Wildman–Crippen MR) is 65.3 cm³/mol. The molecule has 0 atom stereocenters. The first kappa shape index (κ1) is 13.9. The van der Waals surface area contributed by atoms with Crippen LogP contribution in [0.2, 0.25) is 5.02 Å². The highest BCUT2D eigenvalue weighted by Crippen LogP contribution is 2.23. The number of halogens is 1. The predicted octanol–water partition coefficient (Wildman–Crippen LogP) is 2.23. The Morgan fingerprint density at radius 2 is 2.28 bits per heavy atom. The Labute approximate surface area is 109 Å². The lowest BCUT2D eigenvalue weighted by molar-refractivity contribution is -0.384. The number of nitro benzene ring substituents is 1. The van der Waals surface area contributed by atoms with Gasteiger partial charge in [-0.3, -0.25) is 14.9 Å². The summed E-state index contributed by atoms with van der Waals surface area (Å²) in [6.45, 7) is 0.244. The van der Waals surface area contributed by atoms with Crippen LogP contribution in [0.5, 0.6) is 0 Å². The van der Waals surface area contributed by atoms with Gasteiger partial charge in [0.15, 0.2) is 0 Å². The molecular weight excluding hydrogens is 258 g/mol. The number of hydrogen-bond acceptors (Lipinski definition) is 4. The molecule has 6 nitrogen and oxygen atoms in total. The minimum atomic E-state index is -0.595. The molecule has 0 aliphatic carbocycles. The molecule has 94 valence electrons. The van der Waals surface area contributed by atoms with E-state index in [1.54, 1.807) is 0 Å². The van der Waals surface area contributed by atoms with E-state index in [-0.39, 0.29) is 29.2 Å². The van der Waals surface area contributed by atoms with E-state index < -0.39 is 10.8 Å². The van der Waals surface area contributed by atoms with Gasteiger partial charge in [-0.2, -0.15) is 5.26 Å². The van der Waals surface area contributed by atoms with E-state index in [1.807, 2.05) is 6.07 Å². The number of nitrogens with zero attached hydrogens (tertiary/aromatic N) is 3. The Balaban J connectivity index is 3.01. The molecule has 0 saturated heterocycles. The largest absolute Gasteiger partial charge is 0.341 e. The monoisotopic (exact) mass is 267 g/mol. The highest BCUT2D eigenvalue weighted by molar-refractivity contribution is 6.33. The normalized spacial score (nSPS) is 9.61. The van der Waals surface area contributed by atoms with Crippen LogP contribution in [0.15, 0.2) is 18.2 Å². The first-order valence-corrected chi connectivity index (χ1v) is 5.41. The van der Waals surface area contributed by atoms with E-state index in [9.17, 15) is 14.9 Å². The Morgan fingerprint density at radius 1 is 1.61 bits per heavy atom. The topological polar surface area (TPSA) is 87.2 Å². The molecule has 0 N–H and O–H groups in total. The fourth-order valence-corrected chi connectivity index (χ4v) is 1.51. The first-order chi connectivity index (χ1) is 8.47. The molecule has 0 unspecified atom stereocenters. The van der Waals surface area contributed by atoms with Crippen LogP contribution in [0.1, 0.15) is 16.8 Å². The molecular formula is C11H10ClN3O3. The Hall–Kier alpha value is -2.13. The standard InChI is InChI=1S/C11H10ClN3O3/c1-14(6-2-5-13)11(16)9-7-8(15(17)18)3-4-10(9)12/h3-4,7H,2,6H2,1H3. The van der Waals surface area contributed by atoms with Gasteiger partial charge in [-0.05, 0) is 6.07 Å². The molecule has 0 saturated carbocycles. The van der Waals surface area contributed by atoms with Crippen LogP contribution in [-0.4, -0.2) is 29.3 Å². The Morgan fingerprint density at radius 3 is 2.83 bits per heavy atom.